The summed E-state index contributed by atoms with van der Waals surface area (Å²) in [5, 5.41) is 10.5. The summed E-state index contributed by atoms with van der Waals surface area (Å²) in [6.07, 6.45) is 14.1. The van der Waals surface area contributed by atoms with Gasteiger partial charge in [-0.2, -0.15) is 0 Å². The maximum Gasteiger partial charge on any atom is 0.338 e. The molecule has 2 aromatic rings. The molecular formula is C19H14N2O2. The number of allylic oxidation sites excluding steroid dienone is 5. The average Bonchev–Trinajstić information content (AvgIpc) is 2.68. The van der Waals surface area contributed by atoms with E-state index in [-0.39, 0.29) is 0 Å². The van der Waals surface area contributed by atoms with Crippen LogP contribution in [0.3, 0.4) is 0 Å². The van der Waals surface area contributed by atoms with Gasteiger partial charge in [0.15, 0.2) is 0 Å². The highest BCUT2D eigenvalue weighted by molar-refractivity contribution is 6.07. The number of fused-ring (bicyclic) bond motifs is 3. The number of benzene rings is 1. The van der Waals surface area contributed by atoms with Gasteiger partial charge in [-0.05, 0) is 30.2 Å². The quantitative estimate of drug-likeness (QED) is 0.785. The lowest BCUT2D eigenvalue weighted by Gasteiger charge is -2.26. The van der Waals surface area contributed by atoms with Crippen molar-refractivity contribution in [1.82, 2.24) is 9.47 Å². The van der Waals surface area contributed by atoms with Crippen LogP contribution in [0.4, 0.5) is 0 Å². The van der Waals surface area contributed by atoms with E-state index >= 15 is 0 Å². The molecule has 4 nitrogen and oxygen atoms in total. The summed E-state index contributed by atoms with van der Waals surface area (Å²) in [5.74, 6) is -0.849. The van der Waals surface area contributed by atoms with Gasteiger partial charge in [-0.15, -0.1) is 0 Å². The second-order valence-corrected chi connectivity index (χ2v) is 6.03. The van der Waals surface area contributed by atoms with Gasteiger partial charge in [0.05, 0.1) is 11.1 Å². The standard InChI is InChI=1S/C19H14N2O2/c22-19(23)18-15-5-4-12-9-16(15)21(17(18)10-12)14-6-8-20-7-2-1-3-13(20)11-14/h2-9,11H,1,10H2,(H,22,23). The Morgan fingerprint density at radius 2 is 2.09 bits per heavy atom. The van der Waals surface area contributed by atoms with E-state index in [0.29, 0.717) is 12.0 Å². The Kier molecular flexibility index (Phi) is 2.32. The molecule has 1 aromatic heterocycles. The van der Waals surface area contributed by atoms with Gasteiger partial charge in [-0.3, -0.25) is 0 Å². The monoisotopic (exact) mass is 302 g/mol. The molecular weight excluding hydrogens is 288 g/mol. The van der Waals surface area contributed by atoms with Gasteiger partial charge in [0.25, 0.3) is 0 Å². The topological polar surface area (TPSA) is 45.5 Å². The van der Waals surface area contributed by atoms with Gasteiger partial charge < -0.3 is 14.6 Å². The predicted octanol–water partition coefficient (Wildman–Crippen LogP) is 3.72. The minimum Gasteiger partial charge on any atom is -0.478 e. The van der Waals surface area contributed by atoms with Crippen molar-refractivity contribution in [3.8, 4) is 0 Å². The first-order valence-corrected chi connectivity index (χ1v) is 7.67. The molecule has 1 aromatic carbocycles. The Morgan fingerprint density at radius 3 is 2.96 bits per heavy atom. The van der Waals surface area contributed by atoms with Crippen molar-refractivity contribution in [2.45, 2.75) is 12.8 Å². The summed E-state index contributed by atoms with van der Waals surface area (Å²) < 4.78 is 2.10. The van der Waals surface area contributed by atoms with E-state index in [1.807, 2.05) is 24.4 Å². The molecule has 0 radical (unpaired) electrons. The fourth-order valence-corrected chi connectivity index (χ4v) is 3.71. The molecule has 3 bridgehead atoms. The third-order valence-electron chi connectivity index (χ3n) is 4.70. The van der Waals surface area contributed by atoms with Crippen LogP contribution in [0.2, 0.25) is 0 Å². The number of hydrogen-bond acceptors (Lipinski definition) is 2. The van der Waals surface area contributed by atoms with E-state index in [2.05, 4.69) is 40.0 Å². The third kappa shape index (κ3) is 1.63. The molecule has 0 amide bonds. The molecule has 3 aliphatic heterocycles. The van der Waals surface area contributed by atoms with Crippen LogP contribution in [-0.4, -0.2) is 20.5 Å². The van der Waals surface area contributed by atoms with Crippen molar-refractivity contribution in [3.05, 3.63) is 77.4 Å². The molecule has 1 N–H and O–H groups in total. The molecule has 0 spiro atoms. The van der Waals surface area contributed by atoms with E-state index in [4.69, 9.17) is 0 Å². The van der Waals surface area contributed by atoms with Gasteiger partial charge in [-0.1, -0.05) is 24.3 Å². The van der Waals surface area contributed by atoms with Crippen molar-refractivity contribution in [3.63, 3.8) is 0 Å². The zero-order valence-electron chi connectivity index (χ0n) is 12.4. The van der Waals surface area contributed by atoms with Crippen LogP contribution < -0.4 is 0 Å². The number of carboxylic acids is 1. The number of carboxylic acid groups (broad SMARTS) is 1. The first-order chi connectivity index (χ1) is 11.2. The Bertz CT molecular complexity index is 1000. The zero-order valence-corrected chi connectivity index (χ0v) is 12.4. The summed E-state index contributed by atoms with van der Waals surface area (Å²) >= 11 is 0. The molecule has 3 aliphatic rings. The van der Waals surface area contributed by atoms with Crippen molar-refractivity contribution in [2.24, 2.45) is 0 Å². The van der Waals surface area contributed by atoms with E-state index < -0.39 is 5.97 Å². The molecule has 4 heteroatoms. The Labute approximate surface area is 132 Å². The molecule has 0 fully saturated rings. The maximum absolute atomic E-state index is 11.7. The maximum atomic E-state index is 11.7. The first kappa shape index (κ1) is 12.5. The lowest BCUT2D eigenvalue weighted by molar-refractivity contribution is 0.0698. The highest BCUT2D eigenvalue weighted by Gasteiger charge is 2.28. The third-order valence-corrected chi connectivity index (χ3v) is 4.70. The van der Waals surface area contributed by atoms with Crippen molar-refractivity contribution >= 4 is 22.6 Å². The summed E-state index contributed by atoms with van der Waals surface area (Å²) in [6, 6.07) is 6.06. The molecule has 0 saturated heterocycles. The minimum atomic E-state index is -0.849. The van der Waals surface area contributed by atoms with Crippen LogP contribution in [-0.2, 0) is 6.42 Å². The van der Waals surface area contributed by atoms with Crippen LogP contribution in [0, 0.1) is 0 Å². The number of hydrogen-bond donors (Lipinski definition) is 1. The van der Waals surface area contributed by atoms with Crippen molar-refractivity contribution < 1.29 is 9.90 Å². The predicted molar refractivity (Wildman–Crippen MR) is 88.8 cm³/mol. The van der Waals surface area contributed by atoms with E-state index in [1.165, 1.54) is 5.56 Å². The number of carbonyl (C=O) groups is 1. The first-order valence-electron chi connectivity index (χ1n) is 7.67. The smallest absolute Gasteiger partial charge is 0.338 e. The van der Waals surface area contributed by atoms with E-state index in [9.17, 15) is 9.90 Å². The fraction of sp³-hybridized carbons (Fsp3) is 0.105. The summed E-state index contributed by atoms with van der Waals surface area (Å²) in [5.41, 5.74) is 5.62. The Balaban J connectivity index is 1.76. The molecule has 0 aliphatic carbocycles. The molecule has 5 rings (SSSR count). The number of nitrogens with zero attached hydrogens (tertiary/aromatic N) is 2. The number of aromatic nitrogens is 1. The fourth-order valence-electron chi connectivity index (χ4n) is 3.71. The molecule has 112 valence electrons. The second kappa shape index (κ2) is 4.26. The molecule has 23 heavy (non-hydrogen) atoms. The van der Waals surface area contributed by atoms with E-state index in [0.717, 1.165) is 34.4 Å². The highest BCUT2D eigenvalue weighted by Crippen LogP contribution is 2.37. The molecule has 0 atom stereocenters. The van der Waals surface area contributed by atoms with Crippen LogP contribution in [0.1, 0.15) is 28.0 Å². The zero-order chi connectivity index (χ0) is 15.6. The summed E-state index contributed by atoms with van der Waals surface area (Å²) in [6.45, 7) is 0. The van der Waals surface area contributed by atoms with Crippen LogP contribution in [0.5, 0.6) is 0 Å². The largest absolute Gasteiger partial charge is 0.478 e. The summed E-state index contributed by atoms with van der Waals surface area (Å²) in [7, 11) is 0. The SMILES string of the molecule is O=C(O)c1c2n(C3=CC4=CCC=CN4C=C3)c3cc(ccc13)C2. The van der Waals surface area contributed by atoms with Crippen molar-refractivity contribution in [1.29, 1.82) is 0 Å². The van der Waals surface area contributed by atoms with E-state index in [1.54, 1.807) is 0 Å². The van der Waals surface area contributed by atoms with Gasteiger partial charge in [0.2, 0.25) is 0 Å². The molecule has 0 unspecified atom stereocenters. The lowest BCUT2D eigenvalue weighted by atomic mass is 10.1. The molecule has 4 heterocycles. The Morgan fingerprint density at radius 1 is 1.17 bits per heavy atom. The van der Waals surface area contributed by atoms with Crippen LogP contribution in [0.15, 0.2) is 60.6 Å². The number of rotatable bonds is 2. The van der Waals surface area contributed by atoms with Gasteiger partial charge in [0, 0.05) is 41.3 Å². The lowest BCUT2D eigenvalue weighted by Crippen LogP contribution is -2.16. The van der Waals surface area contributed by atoms with Gasteiger partial charge >= 0.3 is 5.97 Å². The molecule has 0 saturated carbocycles. The average molecular weight is 302 g/mol. The summed E-state index contributed by atoms with van der Waals surface area (Å²) in [4.78, 5) is 13.8. The Hall–Kier alpha value is -3.01. The van der Waals surface area contributed by atoms with Crippen molar-refractivity contribution in [2.75, 3.05) is 0 Å². The van der Waals surface area contributed by atoms with Crippen LogP contribution in [0.25, 0.3) is 16.6 Å². The second-order valence-electron chi connectivity index (χ2n) is 6.03. The minimum absolute atomic E-state index is 0.439. The van der Waals surface area contributed by atoms with Gasteiger partial charge in [-0.25, -0.2) is 4.79 Å². The van der Waals surface area contributed by atoms with Crippen LogP contribution >= 0.6 is 0 Å². The number of aromatic carboxylic acids is 1. The highest BCUT2D eigenvalue weighted by atomic mass is 16.4. The van der Waals surface area contributed by atoms with Gasteiger partial charge in [0.1, 0.15) is 0 Å². The normalized spacial score (nSPS) is 17.7.